The Hall–Kier alpha value is -7.18. The number of rotatable bonds is 33. The molecule has 0 saturated heterocycles. The maximum Gasteiger partial charge on any atom is 0.326 e. The molecule has 72 heavy (non-hydrogen) atoms. The van der Waals surface area contributed by atoms with Crippen LogP contribution in [0, 0.1) is 11.8 Å². The summed E-state index contributed by atoms with van der Waals surface area (Å²) in [4.78, 5) is 133. The highest BCUT2D eigenvalue weighted by Crippen LogP contribution is 2.15. The third-order valence-electron chi connectivity index (χ3n) is 11.5. The molecule has 2 rings (SSSR count). The highest BCUT2D eigenvalue weighted by molar-refractivity contribution is 5.99. The Morgan fingerprint density at radius 1 is 0.583 bits per heavy atom. The maximum atomic E-state index is 14.3. The number of carboxylic acid groups (broad SMARTS) is 2. The third-order valence-corrected chi connectivity index (χ3v) is 11.5. The molecule has 0 aliphatic carbocycles. The van der Waals surface area contributed by atoms with E-state index in [2.05, 4.69) is 37.2 Å². The topological polar surface area (TPSA) is 414 Å². The molecular formula is C48H72N10O14. The summed E-state index contributed by atoms with van der Waals surface area (Å²) in [5, 5.41) is 56.0. The van der Waals surface area contributed by atoms with Crippen LogP contribution in [0.15, 0.2) is 54.6 Å². The molecule has 0 spiro atoms. The van der Waals surface area contributed by atoms with Crippen LogP contribution in [0.25, 0.3) is 0 Å². The van der Waals surface area contributed by atoms with E-state index in [9.17, 15) is 68.4 Å². The Labute approximate surface area is 417 Å². The number of primary amides is 1. The largest absolute Gasteiger partial charge is 0.508 e. The van der Waals surface area contributed by atoms with E-state index in [-0.39, 0.29) is 43.9 Å². The SMILES string of the molecule is CCC(C)C(NC(=O)C(N)CO)C(=O)NC(Cc1ccc(O)cc1)C(=O)NC(CC(N)=O)C(=O)NC(Cc1ccccc1)C(=O)NC(CCC(=O)O)C(=O)NC(CCCCN)C(=O)NC(CC(C)C)C(=O)O. The minimum Gasteiger partial charge on any atom is -0.508 e. The number of phenolic OH excluding ortho intramolecular Hbond substituents is 1. The normalized spacial score (nSPS) is 14.8. The van der Waals surface area contributed by atoms with Gasteiger partial charge in [-0.25, -0.2) is 4.79 Å². The summed E-state index contributed by atoms with van der Waals surface area (Å²) in [6.45, 7) is 6.41. The molecule has 0 bridgehead atoms. The lowest BCUT2D eigenvalue weighted by atomic mass is 9.96. The summed E-state index contributed by atoms with van der Waals surface area (Å²) in [7, 11) is 0. The minimum atomic E-state index is -1.81. The van der Waals surface area contributed by atoms with Crippen molar-refractivity contribution in [2.24, 2.45) is 29.0 Å². The molecule has 0 radical (unpaired) electrons. The van der Waals surface area contributed by atoms with Crippen LogP contribution in [0.4, 0.5) is 0 Å². The van der Waals surface area contributed by atoms with Gasteiger partial charge in [-0.3, -0.25) is 43.2 Å². The number of hydrogen-bond acceptors (Lipinski definition) is 14. The van der Waals surface area contributed by atoms with Gasteiger partial charge in [-0.2, -0.15) is 0 Å². The molecule has 2 aromatic carbocycles. The van der Waals surface area contributed by atoms with E-state index >= 15 is 0 Å². The van der Waals surface area contributed by atoms with Gasteiger partial charge in [-0.05, 0) is 73.7 Å². The van der Waals surface area contributed by atoms with Crippen molar-refractivity contribution in [3.05, 3.63) is 65.7 Å². The number of carbonyl (C=O) groups is 10. The first-order chi connectivity index (χ1) is 34.0. The lowest BCUT2D eigenvalue weighted by Gasteiger charge is -2.29. The number of nitrogens with one attached hydrogen (secondary N) is 7. The zero-order chi connectivity index (χ0) is 54.1. The second-order valence-corrected chi connectivity index (χ2v) is 17.9. The van der Waals surface area contributed by atoms with E-state index in [1.807, 2.05) is 0 Å². The van der Waals surface area contributed by atoms with Crippen LogP contribution < -0.4 is 54.4 Å². The average molecular weight is 1010 g/mol. The molecule has 8 amide bonds. The van der Waals surface area contributed by atoms with Crippen LogP contribution >= 0.6 is 0 Å². The summed E-state index contributed by atoms with van der Waals surface area (Å²) in [5.41, 5.74) is 17.8. The Bertz CT molecular complexity index is 2150. The van der Waals surface area contributed by atoms with Gasteiger partial charge in [0.25, 0.3) is 0 Å². The number of unbranched alkanes of at least 4 members (excludes halogenated alkanes) is 1. The van der Waals surface area contributed by atoms with Gasteiger partial charge >= 0.3 is 11.9 Å². The lowest BCUT2D eigenvalue weighted by molar-refractivity contribution is -0.143. The van der Waals surface area contributed by atoms with Crippen LogP contribution in [-0.4, -0.2) is 141 Å². The molecule has 24 nitrogen and oxygen atoms in total. The smallest absolute Gasteiger partial charge is 0.326 e. The van der Waals surface area contributed by atoms with Crippen LogP contribution in [0.1, 0.15) is 90.2 Å². The summed E-state index contributed by atoms with van der Waals surface area (Å²) >= 11 is 0. The molecule has 0 heterocycles. The molecule has 0 aliphatic heterocycles. The zero-order valence-corrected chi connectivity index (χ0v) is 41.1. The molecule has 2 aromatic rings. The van der Waals surface area contributed by atoms with Crippen molar-refractivity contribution >= 4 is 59.2 Å². The Kier molecular flexibility index (Phi) is 26.4. The number of aliphatic hydroxyl groups excluding tert-OH is 1. The van der Waals surface area contributed by atoms with E-state index in [4.69, 9.17) is 17.2 Å². The molecule has 0 aliphatic rings. The predicted molar refractivity (Wildman–Crippen MR) is 261 cm³/mol. The highest BCUT2D eigenvalue weighted by Gasteiger charge is 2.36. The van der Waals surface area contributed by atoms with Gasteiger partial charge in [0.05, 0.1) is 13.0 Å². The van der Waals surface area contributed by atoms with E-state index in [0.29, 0.717) is 30.4 Å². The molecule has 24 heteroatoms. The first kappa shape index (κ1) is 60.9. The summed E-state index contributed by atoms with van der Waals surface area (Å²) in [6.07, 6.45) is -1.33. The Morgan fingerprint density at radius 3 is 1.54 bits per heavy atom. The number of amides is 8. The van der Waals surface area contributed by atoms with Gasteiger partial charge in [0.15, 0.2) is 0 Å². The van der Waals surface area contributed by atoms with Crippen LogP contribution in [0.3, 0.4) is 0 Å². The minimum absolute atomic E-state index is 0.00410. The predicted octanol–water partition coefficient (Wildman–Crippen LogP) is -2.06. The number of aliphatic carboxylic acids is 2. The molecule has 17 N–H and O–H groups in total. The third kappa shape index (κ3) is 21.9. The van der Waals surface area contributed by atoms with Crippen LogP contribution in [0.5, 0.6) is 5.75 Å². The van der Waals surface area contributed by atoms with E-state index in [1.54, 1.807) is 58.0 Å². The number of carboxylic acids is 2. The van der Waals surface area contributed by atoms with Crippen molar-refractivity contribution < 1.29 is 68.4 Å². The zero-order valence-electron chi connectivity index (χ0n) is 41.1. The Balaban J connectivity index is 2.55. The second kappa shape index (κ2) is 31.2. The summed E-state index contributed by atoms with van der Waals surface area (Å²) < 4.78 is 0. The van der Waals surface area contributed by atoms with Crippen molar-refractivity contribution in [2.45, 2.75) is 140 Å². The van der Waals surface area contributed by atoms with Gasteiger partial charge in [0.2, 0.25) is 47.3 Å². The second-order valence-electron chi connectivity index (χ2n) is 17.9. The number of hydrogen-bond donors (Lipinski definition) is 14. The van der Waals surface area contributed by atoms with Crippen molar-refractivity contribution in [1.29, 1.82) is 0 Å². The molecular weight excluding hydrogens is 941 g/mol. The number of benzene rings is 2. The standard InChI is InChI=1S/C48H72N10O14/c1-5-27(4)40(58-41(64)31(50)25-59)47(70)56-35(23-29-14-16-30(60)17-15-29)45(68)55-36(24-38(51)61)46(69)54-34(22-28-11-7-6-8-12-28)44(67)53-33(18-19-39(62)63)43(66)52-32(13-9-10-20-49)42(65)57-37(48(71)72)21-26(2)3/h6-8,11-12,14-17,26-27,31-37,40,59-60H,5,9-10,13,18-25,49-50H2,1-4H3,(H2,51,61)(H,52,66)(H,53,67)(H,54,69)(H,55,68)(H,56,70)(H,57,65)(H,58,64)(H,62,63)(H,71,72). The molecule has 0 aromatic heterocycles. The van der Waals surface area contributed by atoms with Gasteiger partial charge in [0, 0.05) is 19.3 Å². The molecule has 9 unspecified atom stereocenters. The molecule has 0 fully saturated rings. The lowest BCUT2D eigenvalue weighted by Crippen LogP contribution is -2.61. The number of phenols is 1. The van der Waals surface area contributed by atoms with Crippen molar-refractivity contribution in [1.82, 2.24) is 37.2 Å². The molecule has 398 valence electrons. The Morgan fingerprint density at radius 2 is 1.06 bits per heavy atom. The fourth-order valence-electron chi connectivity index (χ4n) is 7.21. The summed E-state index contributed by atoms with van der Waals surface area (Å²) in [5.74, 6) is -11.2. The number of aromatic hydroxyl groups is 1. The fraction of sp³-hybridized carbons (Fsp3) is 0.542. The summed E-state index contributed by atoms with van der Waals surface area (Å²) in [6, 6.07) is 1.89. The molecule has 9 atom stereocenters. The van der Waals surface area contributed by atoms with Gasteiger partial charge in [-0.1, -0.05) is 76.6 Å². The first-order valence-electron chi connectivity index (χ1n) is 23.7. The van der Waals surface area contributed by atoms with Crippen molar-refractivity contribution in [2.75, 3.05) is 13.2 Å². The van der Waals surface area contributed by atoms with Crippen molar-refractivity contribution in [3.8, 4) is 5.75 Å². The number of nitrogens with two attached hydrogens (primary N) is 3. The monoisotopic (exact) mass is 1010 g/mol. The average Bonchev–Trinajstić information content (AvgIpc) is 3.32. The van der Waals surface area contributed by atoms with E-state index in [0.717, 1.165) is 0 Å². The van der Waals surface area contributed by atoms with E-state index < -0.39 is 139 Å². The quantitative estimate of drug-likeness (QED) is 0.0342. The van der Waals surface area contributed by atoms with Crippen LogP contribution in [0.2, 0.25) is 0 Å². The number of carbonyl (C=O) groups excluding carboxylic acids is 8. The highest BCUT2D eigenvalue weighted by atomic mass is 16.4. The van der Waals surface area contributed by atoms with Crippen molar-refractivity contribution in [3.63, 3.8) is 0 Å². The van der Waals surface area contributed by atoms with Gasteiger partial charge in [-0.15, -0.1) is 0 Å². The maximum absolute atomic E-state index is 14.3. The number of aliphatic hydroxyl groups is 1. The van der Waals surface area contributed by atoms with E-state index in [1.165, 1.54) is 24.3 Å². The van der Waals surface area contributed by atoms with Gasteiger partial charge in [0.1, 0.15) is 54.1 Å². The first-order valence-corrected chi connectivity index (χ1v) is 23.7. The fourth-order valence-corrected chi connectivity index (χ4v) is 7.21. The van der Waals surface area contributed by atoms with Crippen LogP contribution in [-0.2, 0) is 60.8 Å². The molecule has 0 saturated carbocycles. The van der Waals surface area contributed by atoms with Gasteiger partial charge < -0.3 is 74.8 Å².